The van der Waals surface area contributed by atoms with Crippen molar-refractivity contribution in [3.63, 3.8) is 0 Å². The summed E-state index contributed by atoms with van der Waals surface area (Å²) in [7, 11) is 0. The molecule has 22 heavy (non-hydrogen) atoms. The van der Waals surface area contributed by atoms with Crippen LogP contribution in [0.25, 0.3) is 0 Å². The molecule has 0 unspecified atom stereocenters. The summed E-state index contributed by atoms with van der Waals surface area (Å²) >= 11 is 0. The lowest BCUT2D eigenvalue weighted by molar-refractivity contribution is -0.134. The van der Waals surface area contributed by atoms with E-state index in [1.54, 1.807) is 0 Å². The molecule has 4 fully saturated rings. The van der Waals surface area contributed by atoms with Crippen LogP contribution in [0.2, 0.25) is 0 Å². The van der Waals surface area contributed by atoms with Crippen molar-refractivity contribution in [2.75, 3.05) is 0 Å². The topological polar surface area (TPSA) is 66.5 Å². The van der Waals surface area contributed by atoms with Gasteiger partial charge in [0.2, 0.25) is 0 Å². The molecule has 3 heteroatoms. The molecular formula is C19H33NO2. The van der Waals surface area contributed by atoms with Crippen molar-refractivity contribution in [1.29, 1.82) is 0 Å². The van der Waals surface area contributed by atoms with Gasteiger partial charge in [0.05, 0.1) is 12.2 Å². The van der Waals surface area contributed by atoms with E-state index in [2.05, 4.69) is 13.8 Å². The van der Waals surface area contributed by atoms with Gasteiger partial charge in [-0.05, 0) is 85.9 Å². The van der Waals surface area contributed by atoms with Crippen LogP contribution in [0.5, 0.6) is 0 Å². The van der Waals surface area contributed by atoms with Crippen LogP contribution in [0.15, 0.2) is 0 Å². The fourth-order valence-corrected chi connectivity index (χ4v) is 7.31. The van der Waals surface area contributed by atoms with Crippen LogP contribution in [-0.4, -0.2) is 28.5 Å². The van der Waals surface area contributed by atoms with Gasteiger partial charge in [0.25, 0.3) is 0 Å². The molecule has 3 nitrogen and oxygen atoms in total. The average molecular weight is 307 g/mol. The van der Waals surface area contributed by atoms with Gasteiger partial charge in [-0.2, -0.15) is 0 Å². The predicted octanol–water partition coefficient (Wildman–Crippen LogP) is 2.69. The van der Waals surface area contributed by atoms with Crippen LogP contribution < -0.4 is 5.73 Å². The molecule has 0 saturated heterocycles. The molecule has 0 aromatic heterocycles. The Morgan fingerprint density at radius 3 is 2.36 bits per heavy atom. The molecule has 0 aromatic rings. The first-order valence-electron chi connectivity index (χ1n) is 9.48. The third kappa shape index (κ3) is 1.91. The third-order valence-electron chi connectivity index (χ3n) is 8.68. The first-order valence-corrected chi connectivity index (χ1v) is 9.48. The third-order valence-corrected chi connectivity index (χ3v) is 8.68. The number of fused-ring (bicyclic) bond motifs is 5. The van der Waals surface area contributed by atoms with Crippen LogP contribution in [0.4, 0.5) is 0 Å². The summed E-state index contributed by atoms with van der Waals surface area (Å²) < 4.78 is 0. The highest BCUT2D eigenvalue weighted by Crippen LogP contribution is 2.65. The Balaban J connectivity index is 1.63. The molecular weight excluding hydrogens is 274 g/mol. The van der Waals surface area contributed by atoms with E-state index < -0.39 is 0 Å². The minimum Gasteiger partial charge on any atom is -0.393 e. The van der Waals surface area contributed by atoms with Gasteiger partial charge >= 0.3 is 0 Å². The maximum absolute atomic E-state index is 10.6. The smallest absolute Gasteiger partial charge is 0.0747 e. The summed E-state index contributed by atoms with van der Waals surface area (Å²) in [6, 6.07) is -0.0209. The molecule has 0 spiro atoms. The Morgan fingerprint density at radius 1 is 0.864 bits per heavy atom. The Labute approximate surface area is 134 Å². The minimum atomic E-state index is -0.308. The van der Waals surface area contributed by atoms with Gasteiger partial charge in [0, 0.05) is 6.04 Å². The van der Waals surface area contributed by atoms with Crippen LogP contribution in [-0.2, 0) is 0 Å². The standard InChI is InChI=1S/C19H33NO2/c1-18-7-5-12(21)9-11(18)3-4-13-14(18)6-8-19(2)15(13)10-16(20)17(19)22/h11-17,21-22H,3-10,20H2,1-2H3/t11-,12+,13-,14+,15-,16-,17+,18-,19-/m0/s1. The van der Waals surface area contributed by atoms with E-state index in [0.29, 0.717) is 17.3 Å². The monoisotopic (exact) mass is 307 g/mol. The van der Waals surface area contributed by atoms with Gasteiger partial charge in [-0.15, -0.1) is 0 Å². The van der Waals surface area contributed by atoms with Crippen molar-refractivity contribution >= 4 is 0 Å². The molecule has 4 aliphatic rings. The lowest BCUT2D eigenvalue weighted by Gasteiger charge is -2.60. The van der Waals surface area contributed by atoms with Crippen LogP contribution in [0.1, 0.15) is 65.2 Å². The second-order valence-electron chi connectivity index (χ2n) is 9.47. The number of aliphatic hydroxyl groups excluding tert-OH is 2. The maximum Gasteiger partial charge on any atom is 0.0747 e. The Bertz CT molecular complexity index is 455. The number of rotatable bonds is 0. The van der Waals surface area contributed by atoms with E-state index in [0.717, 1.165) is 37.5 Å². The molecule has 0 amide bonds. The summed E-state index contributed by atoms with van der Waals surface area (Å²) in [5.41, 5.74) is 6.72. The molecule has 4 aliphatic carbocycles. The molecule has 0 bridgehead atoms. The van der Waals surface area contributed by atoms with Crippen molar-refractivity contribution in [2.24, 2.45) is 40.2 Å². The summed E-state index contributed by atoms with van der Waals surface area (Å²) in [5, 5.41) is 20.7. The van der Waals surface area contributed by atoms with E-state index in [9.17, 15) is 10.2 Å². The van der Waals surface area contributed by atoms with E-state index in [1.165, 1.54) is 25.7 Å². The molecule has 0 aliphatic heterocycles. The van der Waals surface area contributed by atoms with Crippen molar-refractivity contribution in [2.45, 2.75) is 83.5 Å². The molecule has 4 rings (SSSR count). The molecule has 0 radical (unpaired) electrons. The van der Waals surface area contributed by atoms with Crippen molar-refractivity contribution in [3.8, 4) is 0 Å². The number of nitrogens with two attached hydrogens (primary N) is 1. The maximum atomic E-state index is 10.6. The van der Waals surface area contributed by atoms with E-state index in [1.807, 2.05) is 0 Å². The summed E-state index contributed by atoms with van der Waals surface area (Å²) in [6.45, 7) is 4.80. The zero-order valence-electron chi connectivity index (χ0n) is 14.2. The van der Waals surface area contributed by atoms with Crippen molar-refractivity contribution < 1.29 is 10.2 Å². The van der Waals surface area contributed by atoms with Gasteiger partial charge in [0.15, 0.2) is 0 Å². The highest BCUT2D eigenvalue weighted by atomic mass is 16.3. The second-order valence-corrected chi connectivity index (χ2v) is 9.47. The van der Waals surface area contributed by atoms with Crippen molar-refractivity contribution in [1.82, 2.24) is 0 Å². The highest BCUT2D eigenvalue weighted by Gasteiger charge is 2.61. The van der Waals surface area contributed by atoms with Crippen molar-refractivity contribution in [3.05, 3.63) is 0 Å². The second kappa shape index (κ2) is 4.94. The van der Waals surface area contributed by atoms with Gasteiger partial charge in [-0.25, -0.2) is 0 Å². The van der Waals surface area contributed by atoms with Crippen LogP contribution >= 0.6 is 0 Å². The molecule has 0 heterocycles. The minimum absolute atomic E-state index is 0.0209. The zero-order valence-corrected chi connectivity index (χ0v) is 14.2. The van der Waals surface area contributed by atoms with Gasteiger partial charge in [-0.1, -0.05) is 13.8 Å². The Hall–Kier alpha value is -0.120. The Morgan fingerprint density at radius 2 is 1.59 bits per heavy atom. The summed E-state index contributed by atoms with van der Waals surface area (Å²) in [6.07, 6.45) is 8.79. The van der Waals surface area contributed by atoms with Gasteiger partial charge < -0.3 is 15.9 Å². The summed E-state index contributed by atoms with van der Waals surface area (Å²) in [5.74, 6) is 2.86. The van der Waals surface area contributed by atoms with E-state index in [-0.39, 0.29) is 23.7 Å². The number of hydrogen-bond donors (Lipinski definition) is 3. The van der Waals surface area contributed by atoms with Gasteiger partial charge in [0.1, 0.15) is 0 Å². The first kappa shape index (κ1) is 15.4. The predicted molar refractivity (Wildman–Crippen MR) is 87.1 cm³/mol. The zero-order chi connectivity index (χ0) is 15.7. The van der Waals surface area contributed by atoms with Crippen LogP contribution in [0.3, 0.4) is 0 Å². The fourth-order valence-electron chi connectivity index (χ4n) is 7.31. The highest BCUT2D eigenvalue weighted by molar-refractivity contribution is 5.12. The quantitative estimate of drug-likeness (QED) is 0.644. The normalized spacial score (nSPS) is 61.2. The molecule has 4 saturated carbocycles. The Kier molecular flexibility index (Phi) is 3.46. The number of aliphatic hydroxyl groups is 2. The molecule has 9 atom stereocenters. The average Bonchev–Trinajstić information content (AvgIpc) is 2.72. The first-order chi connectivity index (χ1) is 10.4. The molecule has 4 N–H and O–H groups in total. The summed E-state index contributed by atoms with van der Waals surface area (Å²) in [4.78, 5) is 0. The SMILES string of the molecule is C[C@]12CC[C@@H](O)C[C@@H]1CC[C@H]1[C@H]2CC[C@]2(C)[C@H](O)[C@@H](N)C[C@@H]12. The number of hydrogen-bond acceptors (Lipinski definition) is 3. The van der Waals surface area contributed by atoms with E-state index in [4.69, 9.17) is 5.73 Å². The van der Waals surface area contributed by atoms with E-state index >= 15 is 0 Å². The molecule has 0 aromatic carbocycles. The lowest BCUT2D eigenvalue weighted by Crippen LogP contribution is -2.54. The van der Waals surface area contributed by atoms with Crippen LogP contribution in [0, 0.1) is 34.5 Å². The lowest BCUT2D eigenvalue weighted by atomic mass is 9.45. The fraction of sp³-hybridized carbons (Fsp3) is 1.00. The van der Waals surface area contributed by atoms with Gasteiger partial charge in [-0.3, -0.25) is 0 Å². The largest absolute Gasteiger partial charge is 0.393 e. The molecule has 126 valence electrons.